The van der Waals surface area contributed by atoms with Crippen molar-refractivity contribution in [2.45, 2.75) is 19.4 Å². The number of rotatable bonds is 6. The normalized spacial score (nSPS) is 17.5. The van der Waals surface area contributed by atoms with Gasteiger partial charge in [-0.3, -0.25) is 9.67 Å². The number of pyridine rings is 1. The molecule has 0 spiro atoms. The summed E-state index contributed by atoms with van der Waals surface area (Å²) >= 11 is 0. The molecule has 0 amide bonds. The van der Waals surface area contributed by atoms with E-state index in [4.69, 9.17) is 10.1 Å². The van der Waals surface area contributed by atoms with Crippen LogP contribution in [0.3, 0.4) is 0 Å². The molecule has 0 aromatic carbocycles. The molecule has 8 nitrogen and oxygen atoms in total. The lowest BCUT2D eigenvalue weighted by Crippen LogP contribution is -2.33. The molecule has 1 aliphatic rings. The number of anilines is 1. The van der Waals surface area contributed by atoms with E-state index in [1.54, 1.807) is 23.3 Å². The van der Waals surface area contributed by atoms with Crippen LogP contribution >= 0.6 is 0 Å². The average molecular weight is 353 g/mol. The zero-order valence-electron chi connectivity index (χ0n) is 14.6. The minimum Gasteiger partial charge on any atom is -0.394 e. The fourth-order valence-corrected chi connectivity index (χ4v) is 3.30. The van der Waals surface area contributed by atoms with Crippen LogP contribution in [0.2, 0.25) is 0 Å². The molecule has 1 aliphatic heterocycles. The lowest BCUT2D eigenvalue weighted by molar-refractivity contribution is 0.269. The van der Waals surface area contributed by atoms with Gasteiger partial charge in [0.25, 0.3) is 0 Å². The molecular formula is C18H23N7O. The molecule has 0 aliphatic carbocycles. The molecule has 0 saturated carbocycles. The Morgan fingerprint density at radius 3 is 3.08 bits per heavy atom. The smallest absolute Gasteiger partial charge is 0.154 e. The van der Waals surface area contributed by atoms with Gasteiger partial charge in [-0.05, 0) is 37.9 Å². The Kier molecular flexibility index (Phi) is 5.03. The van der Waals surface area contributed by atoms with E-state index in [1.165, 1.54) is 12.8 Å². The maximum absolute atomic E-state index is 9.07. The SMILES string of the molecule is OCCn1cc(-c2cc3nccnc3c(NC[C@H]3CCCNC3)n2)cn1. The first-order valence-corrected chi connectivity index (χ1v) is 9.03. The molecule has 1 atom stereocenters. The number of hydrogen-bond donors (Lipinski definition) is 3. The van der Waals surface area contributed by atoms with Crippen LogP contribution in [0.1, 0.15) is 12.8 Å². The first-order chi connectivity index (χ1) is 12.8. The number of nitrogens with zero attached hydrogens (tertiary/aromatic N) is 5. The summed E-state index contributed by atoms with van der Waals surface area (Å²) in [6.45, 7) is 3.52. The highest BCUT2D eigenvalue weighted by molar-refractivity contribution is 5.88. The van der Waals surface area contributed by atoms with Crippen LogP contribution in [-0.2, 0) is 6.54 Å². The fraction of sp³-hybridized carbons (Fsp3) is 0.444. The minimum absolute atomic E-state index is 0.0555. The van der Waals surface area contributed by atoms with E-state index >= 15 is 0 Å². The van der Waals surface area contributed by atoms with Crippen molar-refractivity contribution in [2.75, 3.05) is 31.6 Å². The standard InChI is InChI=1S/C18H23N7O/c26-7-6-25-12-14(11-23-25)15-8-16-17(21-5-4-20-16)18(24-15)22-10-13-2-1-3-19-9-13/h4-5,8,11-13,19,26H,1-3,6-7,9-10H2,(H,22,24)/t13-/m0/s1. The van der Waals surface area contributed by atoms with E-state index in [0.29, 0.717) is 12.5 Å². The molecule has 3 aromatic rings. The van der Waals surface area contributed by atoms with Gasteiger partial charge < -0.3 is 15.7 Å². The highest BCUT2D eigenvalue weighted by atomic mass is 16.3. The monoisotopic (exact) mass is 353 g/mol. The summed E-state index contributed by atoms with van der Waals surface area (Å²) < 4.78 is 1.71. The van der Waals surface area contributed by atoms with Crippen molar-refractivity contribution in [3.05, 3.63) is 30.9 Å². The predicted molar refractivity (Wildman–Crippen MR) is 99.7 cm³/mol. The second-order valence-corrected chi connectivity index (χ2v) is 6.59. The Morgan fingerprint density at radius 1 is 1.31 bits per heavy atom. The van der Waals surface area contributed by atoms with Crippen molar-refractivity contribution in [3.63, 3.8) is 0 Å². The molecule has 4 heterocycles. The molecule has 1 fully saturated rings. The number of aliphatic hydroxyl groups is 1. The van der Waals surface area contributed by atoms with Crippen LogP contribution in [0.15, 0.2) is 30.9 Å². The molecule has 3 N–H and O–H groups in total. The van der Waals surface area contributed by atoms with Gasteiger partial charge in [0.1, 0.15) is 5.52 Å². The Bertz CT molecular complexity index is 873. The first kappa shape index (κ1) is 16.9. The first-order valence-electron chi connectivity index (χ1n) is 9.03. The second-order valence-electron chi connectivity index (χ2n) is 6.59. The van der Waals surface area contributed by atoms with E-state index in [-0.39, 0.29) is 6.61 Å². The minimum atomic E-state index is 0.0555. The molecule has 0 radical (unpaired) electrons. The molecule has 8 heteroatoms. The summed E-state index contributed by atoms with van der Waals surface area (Å²) in [5.74, 6) is 1.35. The maximum Gasteiger partial charge on any atom is 0.154 e. The highest BCUT2D eigenvalue weighted by Gasteiger charge is 2.15. The molecule has 1 saturated heterocycles. The van der Waals surface area contributed by atoms with Gasteiger partial charge in [0.05, 0.1) is 30.6 Å². The third kappa shape index (κ3) is 3.66. The van der Waals surface area contributed by atoms with E-state index in [2.05, 4.69) is 25.7 Å². The topological polar surface area (TPSA) is 101 Å². The summed E-state index contributed by atoms with van der Waals surface area (Å²) in [4.78, 5) is 13.7. The van der Waals surface area contributed by atoms with Crippen molar-refractivity contribution in [1.82, 2.24) is 30.0 Å². The Hall–Kier alpha value is -2.58. The van der Waals surface area contributed by atoms with Gasteiger partial charge in [-0.1, -0.05) is 0 Å². The van der Waals surface area contributed by atoms with Gasteiger partial charge >= 0.3 is 0 Å². The van der Waals surface area contributed by atoms with Crippen LogP contribution in [0, 0.1) is 5.92 Å². The van der Waals surface area contributed by atoms with Crippen LogP contribution in [0.25, 0.3) is 22.3 Å². The lowest BCUT2D eigenvalue weighted by Gasteiger charge is -2.23. The van der Waals surface area contributed by atoms with Crippen molar-refractivity contribution in [2.24, 2.45) is 5.92 Å². The van der Waals surface area contributed by atoms with Gasteiger partial charge in [-0.2, -0.15) is 5.10 Å². The van der Waals surface area contributed by atoms with Crippen LogP contribution < -0.4 is 10.6 Å². The van der Waals surface area contributed by atoms with E-state index in [1.807, 2.05) is 12.3 Å². The van der Waals surface area contributed by atoms with E-state index in [0.717, 1.165) is 47.7 Å². The van der Waals surface area contributed by atoms with Crippen molar-refractivity contribution >= 4 is 16.9 Å². The average Bonchev–Trinajstić information content (AvgIpc) is 3.16. The third-order valence-corrected chi connectivity index (χ3v) is 4.67. The molecule has 136 valence electrons. The highest BCUT2D eigenvalue weighted by Crippen LogP contribution is 2.25. The van der Waals surface area contributed by atoms with Crippen molar-refractivity contribution in [3.8, 4) is 11.3 Å². The molecular weight excluding hydrogens is 330 g/mol. The Balaban J connectivity index is 1.63. The maximum atomic E-state index is 9.07. The van der Waals surface area contributed by atoms with Crippen LogP contribution in [-0.4, -0.2) is 56.1 Å². The van der Waals surface area contributed by atoms with E-state index < -0.39 is 0 Å². The van der Waals surface area contributed by atoms with Crippen LogP contribution in [0.4, 0.5) is 5.82 Å². The largest absolute Gasteiger partial charge is 0.394 e. The zero-order valence-corrected chi connectivity index (χ0v) is 14.6. The lowest BCUT2D eigenvalue weighted by atomic mass is 10.00. The molecule has 26 heavy (non-hydrogen) atoms. The van der Waals surface area contributed by atoms with Gasteiger partial charge in [-0.15, -0.1) is 0 Å². The number of piperidine rings is 1. The third-order valence-electron chi connectivity index (χ3n) is 4.67. The Morgan fingerprint density at radius 2 is 2.23 bits per heavy atom. The van der Waals surface area contributed by atoms with Crippen molar-refractivity contribution < 1.29 is 5.11 Å². The predicted octanol–water partition coefficient (Wildman–Crippen LogP) is 1.29. The van der Waals surface area contributed by atoms with Gasteiger partial charge in [-0.25, -0.2) is 9.97 Å². The number of aliphatic hydroxyl groups excluding tert-OH is 1. The molecule has 0 unspecified atom stereocenters. The Labute approximate surface area is 151 Å². The number of hydrogen-bond acceptors (Lipinski definition) is 7. The zero-order chi connectivity index (χ0) is 17.8. The summed E-state index contributed by atoms with van der Waals surface area (Å²) in [5, 5.41) is 20.3. The second kappa shape index (κ2) is 7.76. The summed E-state index contributed by atoms with van der Waals surface area (Å²) in [7, 11) is 0. The number of fused-ring (bicyclic) bond motifs is 1. The van der Waals surface area contributed by atoms with Gasteiger partial charge in [0.2, 0.25) is 0 Å². The van der Waals surface area contributed by atoms with Crippen LogP contribution in [0.5, 0.6) is 0 Å². The van der Waals surface area contributed by atoms with Gasteiger partial charge in [0.15, 0.2) is 5.82 Å². The molecule has 4 rings (SSSR count). The summed E-state index contributed by atoms with van der Waals surface area (Å²) in [6, 6.07) is 1.93. The number of aromatic nitrogens is 5. The summed E-state index contributed by atoms with van der Waals surface area (Å²) in [6.07, 6.45) is 9.46. The van der Waals surface area contributed by atoms with Gasteiger partial charge in [0, 0.05) is 30.7 Å². The molecule has 0 bridgehead atoms. The summed E-state index contributed by atoms with van der Waals surface area (Å²) in [5.41, 5.74) is 3.28. The van der Waals surface area contributed by atoms with Crippen molar-refractivity contribution in [1.29, 1.82) is 0 Å². The van der Waals surface area contributed by atoms with E-state index in [9.17, 15) is 0 Å². The molecule has 3 aromatic heterocycles. The quantitative estimate of drug-likeness (QED) is 0.614. The fourth-order valence-electron chi connectivity index (χ4n) is 3.30. The number of nitrogens with one attached hydrogen (secondary N) is 2.